The molecule has 1 atom stereocenters. The van der Waals surface area contributed by atoms with Gasteiger partial charge in [-0.2, -0.15) is 0 Å². The van der Waals surface area contributed by atoms with Crippen LogP contribution in [0.3, 0.4) is 0 Å². The molecule has 0 bridgehead atoms. The number of carbonyl (C=O) groups excluding carboxylic acids is 2. The first kappa shape index (κ1) is 20.9. The van der Waals surface area contributed by atoms with Gasteiger partial charge in [-0.1, -0.05) is 17.7 Å². The maximum absolute atomic E-state index is 13.0. The molecule has 1 fully saturated rings. The van der Waals surface area contributed by atoms with Crippen molar-refractivity contribution in [1.29, 1.82) is 0 Å². The molecule has 6 heteroatoms. The number of benzene rings is 1. The number of nitrogens with zero attached hydrogens (tertiary/aromatic N) is 2. The van der Waals surface area contributed by atoms with Crippen molar-refractivity contribution in [1.82, 2.24) is 9.80 Å². The van der Waals surface area contributed by atoms with Crippen LogP contribution in [0.2, 0.25) is 0 Å². The average Bonchev–Trinajstić information content (AvgIpc) is 3.19. The quantitative estimate of drug-likeness (QED) is 0.459. The third-order valence-corrected chi connectivity index (χ3v) is 5.22. The Kier molecular flexibility index (Phi) is 5.94. The zero-order valence-corrected chi connectivity index (χ0v) is 17.7. The summed E-state index contributed by atoms with van der Waals surface area (Å²) in [5, 5.41) is 11.1. The molecular weight excluding hydrogens is 368 g/mol. The minimum absolute atomic E-state index is 0.0860. The third kappa shape index (κ3) is 4.12. The van der Waals surface area contributed by atoms with Crippen molar-refractivity contribution in [3.63, 3.8) is 0 Å². The zero-order chi connectivity index (χ0) is 21.3. The Hall–Kier alpha value is -2.86. The number of furan rings is 1. The van der Waals surface area contributed by atoms with Gasteiger partial charge in [0.15, 0.2) is 0 Å². The molecular formula is C23H28N2O4. The van der Waals surface area contributed by atoms with Crippen LogP contribution in [0, 0.1) is 20.8 Å². The number of likely N-dealkylation sites (tertiary alicyclic amines) is 1. The van der Waals surface area contributed by atoms with E-state index < -0.39 is 17.7 Å². The second kappa shape index (κ2) is 8.25. The van der Waals surface area contributed by atoms with Gasteiger partial charge >= 0.3 is 0 Å². The standard InChI is InChI=1S/C23H28N2O4/c1-14-7-8-15(2)17(13-14)21(26)19-20(18-10-9-16(3)29-18)25(23(28)22(19)27)12-6-11-24(4)5/h7-10,13,20,26H,6,11-12H2,1-5H3/b21-19-. The van der Waals surface area contributed by atoms with Crippen molar-refractivity contribution in [3.8, 4) is 0 Å². The Bertz CT molecular complexity index is 971. The van der Waals surface area contributed by atoms with E-state index in [4.69, 9.17) is 4.42 Å². The lowest BCUT2D eigenvalue weighted by Gasteiger charge is -2.24. The molecule has 1 N–H and O–H groups in total. The minimum atomic E-state index is -0.731. The molecule has 29 heavy (non-hydrogen) atoms. The van der Waals surface area contributed by atoms with Gasteiger partial charge < -0.3 is 19.3 Å². The van der Waals surface area contributed by atoms with Gasteiger partial charge in [-0.05, 0) is 71.6 Å². The van der Waals surface area contributed by atoms with Crippen molar-refractivity contribution in [3.05, 3.63) is 64.1 Å². The largest absolute Gasteiger partial charge is 0.507 e. The molecule has 3 rings (SSSR count). The maximum Gasteiger partial charge on any atom is 0.295 e. The van der Waals surface area contributed by atoms with Gasteiger partial charge in [0.2, 0.25) is 0 Å². The van der Waals surface area contributed by atoms with Gasteiger partial charge in [-0.15, -0.1) is 0 Å². The summed E-state index contributed by atoms with van der Waals surface area (Å²) in [7, 11) is 3.92. The van der Waals surface area contributed by atoms with E-state index in [1.807, 2.05) is 58.0 Å². The van der Waals surface area contributed by atoms with Crippen LogP contribution >= 0.6 is 0 Å². The molecule has 0 saturated carbocycles. The number of hydrogen-bond donors (Lipinski definition) is 1. The van der Waals surface area contributed by atoms with E-state index in [0.29, 0.717) is 30.0 Å². The van der Waals surface area contributed by atoms with Crippen LogP contribution in [-0.2, 0) is 9.59 Å². The predicted octanol–water partition coefficient (Wildman–Crippen LogP) is 3.58. The average molecular weight is 396 g/mol. The molecule has 2 heterocycles. The van der Waals surface area contributed by atoms with E-state index >= 15 is 0 Å². The van der Waals surface area contributed by atoms with E-state index in [0.717, 1.165) is 17.7 Å². The summed E-state index contributed by atoms with van der Waals surface area (Å²) in [5.41, 5.74) is 2.44. The number of rotatable bonds is 6. The molecule has 1 saturated heterocycles. The van der Waals surface area contributed by atoms with Crippen LogP contribution in [0.15, 0.2) is 40.3 Å². The number of Topliss-reactive ketones (excluding diaryl/α,β-unsaturated/α-hetero) is 1. The molecule has 154 valence electrons. The van der Waals surface area contributed by atoms with E-state index in [9.17, 15) is 14.7 Å². The van der Waals surface area contributed by atoms with Crippen LogP contribution in [0.5, 0.6) is 0 Å². The second-order valence-corrected chi connectivity index (χ2v) is 7.92. The van der Waals surface area contributed by atoms with Crippen molar-refractivity contribution < 1.29 is 19.1 Å². The Morgan fingerprint density at radius 3 is 2.48 bits per heavy atom. The topological polar surface area (TPSA) is 74.0 Å². The highest BCUT2D eigenvalue weighted by molar-refractivity contribution is 6.46. The van der Waals surface area contributed by atoms with Crippen molar-refractivity contribution in [2.45, 2.75) is 33.2 Å². The molecule has 0 aliphatic carbocycles. The van der Waals surface area contributed by atoms with Gasteiger partial charge in [-0.25, -0.2) is 0 Å². The van der Waals surface area contributed by atoms with Crippen molar-refractivity contribution >= 4 is 17.4 Å². The highest BCUT2D eigenvalue weighted by atomic mass is 16.3. The first-order chi connectivity index (χ1) is 13.7. The normalized spacial score (nSPS) is 18.8. The number of hydrogen-bond acceptors (Lipinski definition) is 5. The lowest BCUT2D eigenvalue weighted by atomic mass is 9.96. The smallest absolute Gasteiger partial charge is 0.295 e. The molecule has 0 radical (unpaired) electrons. The Labute approximate surface area is 171 Å². The SMILES string of the molecule is Cc1ccc(C)c(/C(O)=C2/C(=O)C(=O)N(CCCN(C)C)C2c2ccc(C)o2)c1. The Balaban J connectivity index is 2.11. The first-order valence-electron chi connectivity index (χ1n) is 9.77. The summed E-state index contributed by atoms with van der Waals surface area (Å²) in [6.07, 6.45) is 0.708. The maximum atomic E-state index is 13.0. The first-order valence-corrected chi connectivity index (χ1v) is 9.77. The summed E-state index contributed by atoms with van der Waals surface area (Å²) in [5.74, 6) is -0.260. The molecule has 1 amide bonds. The molecule has 2 aromatic rings. The monoisotopic (exact) mass is 396 g/mol. The molecule has 1 unspecified atom stereocenters. The summed E-state index contributed by atoms with van der Waals surface area (Å²) >= 11 is 0. The lowest BCUT2D eigenvalue weighted by Crippen LogP contribution is -2.32. The van der Waals surface area contributed by atoms with Gasteiger partial charge in [0.1, 0.15) is 23.3 Å². The van der Waals surface area contributed by atoms with E-state index in [2.05, 4.69) is 0 Å². The molecule has 1 aromatic carbocycles. The number of carbonyl (C=O) groups is 2. The summed E-state index contributed by atoms with van der Waals surface area (Å²) in [6.45, 7) is 6.78. The minimum Gasteiger partial charge on any atom is -0.507 e. The van der Waals surface area contributed by atoms with Crippen molar-refractivity contribution in [2.75, 3.05) is 27.2 Å². The lowest BCUT2D eigenvalue weighted by molar-refractivity contribution is -0.140. The summed E-state index contributed by atoms with van der Waals surface area (Å²) in [6, 6.07) is 8.50. The molecule has 1 aliphatic heterocycles. The van der Waals surface area contributed by atoms with Crippen LogP contribution < -0.4 is 0 Å². The summed E-state index contributed by atoms with van der Waals surface area (Å²) < 4.78 is 5.79. The van der Waals surface area contributed by atoms with Gasteiger partial charge in [0.25, 0.3) is 11.7 Å². The van der Waals surface area contributed by atoms with E-state index in [1.165, 1.54) is 4.90 Å². The van der Waals surface area contributed by atoms with Crippen molar-refractivity contribution in [2.24, 2.45) is 0 Å². The fourth-order valence-electron chi connectivity index (χ4n) is 3.70. The predicted molar refractivity (Wildman–Crippen MR) is 112 cm³/mol. The number of aryl methyl sites for hydroxylation is 3. The number of ketones is 1. The third-order valence-electron chi connectivity index (χ3n) is 5.22. The Morgan fingerprint density at radius 1 is 1.14 bits per heavy atom. The second-order valence-electron chi connectivity index (χ2n) is 7.92. The van der Waals surface area contributed by atoms with E-state index in [1.54, 1.807) is 12.1 Å². The molecule has 1 aromatic heterocycles. The number of amides is 1. The van der Waals surface area contributed by atoms with Gasteiger partial charge in [0.05, 0.1) is 5.57 Å². The molecule has 1 aliphatic rings. The van der Waals surface area contributed by atoms with Crippen LogP contribution in [0.4, 0.5) is 0 Å². The summed E-state index contributed by atoms with van der Waals surface area (Å²) in [4.78, 5) is 29.3. The Morgan fingerprint density at radius 2 is 1.86 bits per heavy atom. The van der Waals surface area contributed by atoms with Gasteiger partial charge in [-0.3, -0.25) is 9.59 Å². The molecule has 6 nitrogen and oxygen atoms in total. The highest BCUT2D eigenvalue weighted by Crippen LogP contribution is 2.40. The van der Waals surface area contributed by atoms with E-state index in [-0.39, 0.29) is 11.3 Å². The number of aliphatic hydroxyl groups is 1. The molecule has 0 spiro atoms. The van der Waals surface area contributed by atoms with Crippen LogP contribution in [0.1, 0.15) is 40.7 Å². The highest BCUT2D eigenvalue weighted by Gasteiger charge is 2.47. The number of aliphatic hydroxyl groups excluding tert-OH is 1. The fourth-order valence-corrected chi connectivity index (χ4v) is 3.70. The van der Waals surface area contributed by atoms with Gasteiger partial charge in [0, 0.05) is 12.1 Å². The van der Waals surface area contributed by atoms with Crippen LogP contribution in [0.25, 0.3) is 5.76 Å². The zero-order valence-electron chi connectivity index (χ0n) is 17.7. The fraction of sp³-hybridized carbons (Fsp3) is 0.391. The van der Waals surface area contributed by atoms with Crippen LogP contribution in [-0.4, -0.2) is 53.8 Å².